The van der Waals surface area contributed by atoms with Crippen molar-refractivity contribution >= 4 is 11.8 Å². The van der Waals surface area contributed by atoms with E-state index in [2.05, 4.69) is 39.5 Å². The second kappa shape index (κ2) is 3.49. The van der Waals surface area contributed by atoms with Gasteiger partial charge in [0.1, 0.15) is 0 Å². The average Bonchev–Trinajstić information content (AvgIpc) is 2.60. The van der Waals surface area contributed by atoms with Crippen LogP contribution in [0.5, 0.6) is 0 Å². The fraction of sp³-hybridized carbons (Fsp3) is 1.00. The van der Waals surface area contributed by atoms with Crippen LogP contribution in [0.4, 0.5) is 0 Å². The number of fused-ring (bicyclic) bond motifs is 2. The molecule has 1 heteroatoms. The minimum absolute atomic E-state index is 0.898. The van der Waals surface area contributed by atoms with Gasteiger partial charge in [0.15, 0.2) is 0 Å². The Balaban J connectivity index is 2.15. The Bertz CT molecular complexity index is 166. The van der Waals surface area contributed by atoms with Crippen LogP contribution in [-0.4, -0.2) is 10.5 Å². The minimum Gasteiger partial charge on any atom is -0.155 e. The fourth-order valence-corrected chi connectivity index (χ4v) is 5.85. The predicted octanol–water partition coefficient (Wildman–Crippen LogP) is 3.81. The van der Waals surface area contributed by atoms with E-state index in [1.807, 2.05) is 0 Å². The van der Waals surface area contributed by atoms with Crippen molar-refractivity contribution in [1.82, 2.24) is 0 Å². The first kappa shape index (κ1) is 9.89. The quantitative estimate of drug-likeness (QED) is 0.650. The van der Waals surface area contributed by atoms with Crippen molar-refractivity contribution in [2.45, 2.75) is 51.0 Å². The topological polar surface area (TPSA) is 0 Å². The second-order valence-corrected chi connectivity index (χ2v) is 6.92. The lowest BCUT2D eigenvalue weighted by Crippen LogP contribution is -2.34. The van der Waals surface area contributed by atoms with Gasteiger partial charge in [0.2, 0.25) is 0 Å². The van der Waals surface area contributed by atoms with Crippen LogP contribution in [0, 0.1) is 23.7 Å². The van der Waals surface area contributed by atoms with E-state index in [-0.39, 0.29) is 0 Å². The van der Waals surface area contributed by atoms with Gasteiger partial charge < -0.3 is 0 Å². The third kappa shape index (κ3) is 1.54. The van der Waals surface area contributed by atoms with Crippen LogP contribution in [-0.2, 0) is 0 Å². The van der Waals surface area contributed by atoms with Crippen molar-refractivity contribution in [3.05, 3.63) is 0 Å². The van der Waals surface area contributed by atoms with E-state index in [1.54, 1.807) is 0 Å². The Morgan fingerprint density at radius 1 is 0.846 bits per heavy atom. The molecular formula is C12H22S. The molecule has 0 N–H and O–H groups in total. The summed E-state index contributed by atoms with van der Waals surface area (Å²) >= 11 is 2.30. The molecule has 13 heavy (non-hydrogen) atoms. The number of rotatable bonds is 2. The molecule has 0 radical (unpaired) electrons. The van der Waals surface area contributed by atoms with E-state index < -0.39 is 0 Å². The highest BCUT2D eigenvalue weighted by molar-refractivity contribution is 8.01. The van der Waals surface area contributed by atoms with Crippen molar-refractivity contribution in [1.29, 1.82) is 0 Å². The van der Waals surface area contributed by atoms with E-state index in [4.69, 9.17) is 0 Å². The second-order valence-electron chi connectivity index (χ2n) is 5.43. The maximum atomic E-state index is 2.42. The van der Waals surface area contributed by atoms with Gasteiger partial charge in [-0.25, -0.2) is 0 Å². The lowest BCUT2D eigenvalue weighted by atomic mass is 9.69. The van der Waals surface area contributed by atoms with Crippen LogP contribution in [0.25, 0.3) is 0 Å². The Hall–Kier alpha value is 0.350. The third-order valence-electron chi connectivity index (χ3n) is 3.93. The van der Waals surface area contributed by atoms with Crippen molar-refractivity contribution in [3.8, 4) is 0 Å². The molecule has 2 aliphatic heterocycles. The van der Waals surface area contributed by atoms with E-state index in [9.17, 15) is 0 Å². The zero-order valence-electron chi connectivity index (χ0n) is 9.29. The van der Waals surface area contributed by atoms with Crippen molar-refractivity contribution < 1.29 is 0 Å². The molecule has 0 aromatic rings. The molecule has 4 unspecified atom stereocenters. The summed E-state index contributed by atoms with van der Waals surface area (Å²) < 4.78 is 0. The lowest BCUT2D eigenvalue weighted by Gasteiger charge is -2.35. The molecule has 0 nitrogen and oxygen atoms in total. The summed E-state index contributed by atoms with van der Waals surface area (Å²) in [5.41, 5.74) is 0. The van der Waals surface area contributed by atoms with E-state index in [0.29, 0.717) is 0 Å². The molecule has 0 amide bonds. The van der Waals surface area contributed by atoms with Crippen LogP contribution in [0.3, 0.4) is 0 Å². The molecule has 0 aliphatic carbocycles. The molecular weight excluding hydrogens is 176 g/mol. The summed E-state index contributed by atoms with van der Waals surface area (Å²) in [6.45, 7) is 9.67. The molecule has 76 valence electrons. The molecule has 2 saturated heterocycles. The van der Waals surface area contributed by atoms with Gasteiger partial charge in [0, 0.05) is 10.5 Å². The normalized spacial score (nSPS) is 43.8. The molecule has 2 heterocycles. The minimum atomic E-state index is 0.898. The SMILES string of the molecule is CC(C)C1C2CCC(S2)C1C(C)C. The molecule has 2 rings (SSSR count). The Kier molecular flexibility index (Phi) is 2.65. The molecule has 2 bridgehead atoms. The summed E-state index contributed by atoms with van der Waals surface area (Å²) in [4.78, 5) is 0. The molecule has 0 spiro atoms. The zero-order chi connectivity index (χ0) is 9.59. The summed E-state index contributed by atoms with van der Waals surface area (Å²) in [6.07, 6.45) is 3.00. The van der Waals surface area contributed by atoms with E-state index in [1.165, 1.54) is 12.8 Å². The number of hydrogen-bond acceptors (Lipinski definition) is 1. The first-order valence-electron chi connectivity index (χ1n) is 5.76. The van der Waals surface area contributed by atoms with E-state index >= 15 is 0 Å². The van der Waals surface area contributed by atoms with Gasteiger partial charge in [-0.1, -0.05) is 27.7 Å². The smallest absolute Gasteiger partial charge is 0.00841 e. The summed E-state index contributed by atoms with van der Waals surface area (Å²) in [7, 11) is 0. The molecule has 0 aromatic carbocycles. The van der Waals surface area contributed by atoms with Gasteiger partial charge in [0.25, 0.3) is 0 Å². The molecule has 4 atom stereocenters. The average molecular weight is 198 g/mol. The zero-order valence-corrected chi connectivity index (χ0v) is 10.1. The van der Waals surface area contributed by atoms with Crippen LogP contribution >= 0.6 is 11.8 Å². The van der Waals surface area contributed by atoms with Gasteiger partial charge >= 0.3 is 0 Å². The first-order valence-corrected chi connectivity index (χ1v) is 6.71. The molecule has 2 fully saturated rings. The molecule has 0 aromatic heterocycles. The summed E-state index contributed by atoms with van der Waals surface area (Å²) in [6, 6.07) is 0. The Morgan fingerprint density at radius 2 is 1.23 bits per heavy atom. The van der Waals surface area contributed by atoms with Crippen LogP contribution < -0.4 is 0 Å². The molecule has 0 saturated carbocycles. The van der Waals surface area contributed by atoms with Gasteiger partial charge in [-0.15, -0.1) is 0 Å². The maximum Gasteiger partial charge on any atom is 0.00841 e. The van der Waals surface area contributed by atoms with Gasteiger partial charge in [0.05, 0.1) is 0 Å². The summed E-state index contributed by atoms with van der Waals surface area (Å²) in [5.74, 6) is 3.83. The van der Waals surface area contributed by atoms with Crippen LogP contribution in [0.15, 0.2) is 0 Å². The standard InChI is InChI=1S/C12H22S/c1-7(2)11-9-5-6-10(13-9)12(11)8(3)4/h7-12H,5-6H2,1-4H3. The molecule has 2 aliphatic rings. The lowest BCUT2D eigenvalue weighted by molar-refractivity contribution is 0.171. The Labute approximate surface area is 86.9 Å². The van der Waals surface area contributed by atoms with Crippen molar-refractivity contribution in [2.24, 2.45) is 23.7 Å². The Morgan fingerprint density at radius 3 is 1.54 bits per heavy atom. The highest BCUT2D eigenvalue weighted by atomic mass is 32.2. The van der Waals surface area contributed by atoms with Crippen LogP contribution in [0.2, 0.25) is 0 Å². The van der Waals surface area contributed by atoms with Crippen molar-refractivity contribution in [2.75, 3.05) is 0 Å². The van der Waals surface area contributed by atoms with Gasteiger partial charge in [-0.05, 0) is 36.5 Å². The fourth-order valence-electron chi connectivity index (χ4n) is 3.50. The number of thioether (sulfide) groups is 1. The monoisotopic (exact) mass is 198 g/mol. The van der Waals surface area contributed by atoms with Gasteiger partial charge in [-0.3, -0.25) is 0 Å². The predicted molar refractivity (Wildman–Crippen MR) is 61.1 cm³/mol. The largest absolute Gasteiger partial charge is 0.155 e. The van der Waals surface area contributed by atoms with Gasteiger partial charge in [-0.2, -0.15) is 11.8 Å². The van der Waals surface area contributed by atoms with Crippen LogP contribution in [0.1, 0.15) is 40.5 Å². The number of hydrogen-bond donors (Lipinski definition) is 0. The third-order valence-corrected chi connectivity index (χ3v) is 5.73. The maximum absolute atomic E-state index is 2.42. The summed E-state index contributed by atoms with van der Waals surface area (Å²) in [5, 5.41) is 2.02. The highest BCUT2D eigenvalue weighted by Gasteiger charge is 2.49. The van der Waals surface area contributed by atoms with Crippen molar-refractivity contribution in [3.63, 3.8) is 0 Å². The highest BCUT2D eigenvalue weighted by Crippen LogP contribution is 2.57. The van der Waals surface area contributed by atoms with E-state index in [0.717, 1.165) is 34.2 Å². The first-order chi connectivity index (χ1) is 6.11.